The van der Waals surface area contributed by atoms with Gasteiger partial charge >= 0.3 is 0 Å². The van der Waals surface area contributed by atoms with Gasteiger partial charge in [0.15, 0.2) is 0 Å². The van der Waals surface area contributed by atoms with Gasteiger partial charge in [-0.2, -0.15) is 10.2 Å². The molecule has 1 aromatic heterocycles. The van der Waals surface area contributed by atoms with E-state index in [1.807, 2.05) is 6.07 Å². The molecule has 5 heteroatoms. The van der Waals surface area contributed by atoms with Gasteiger partial charge in [0.1, 0.15) is 12.2 Å². The van der Waals surface area contributed by atoms with Crippen molar-refractivity contribution in [3.8, 4) is 11.9 Å². The van der Waals surface area contributed by atoms with Gasteiger partial charge in [0.05, 0.1) is 0 Å². The molecule has 1 saturated heterocycles. The zero-order valence-corrected chi connectivity index (χ0v) is 8.31. The predicted molar refractivity (Wildman–Crippen MR) is 53.3 cm³/mol. The lowest BCUT2D eigenvalue weighted by Gasteiger charge is -2.22. The van der Waals surface area contributed by atoms with Crippen molar-refractivity contribution < 1.29 is 4.74 Å². The van der Waals surface area contributed by atoms with Crippen LogP contribution < -0.4 is 10.1 Å². The third-order valence-corrected chi connectivity index (χ3v) is 2.30. The van der Waals surface area contributed by atoms with Crippen LogP contribution in [-0.4, -0.2) is 29.2 Å². The van der Waals surface area contributed by atoms with Gasteiger partial charge in [-0.25, -0.2) is 4.98 Å². The summed E-state index contributed by atoms with van der Waals surface area (Å²) in [6.45, 7) is 1.95. The minimum Gasteiger partial charge on any atom is -0.474 e. The monoisotopic (exact) mass is 204 g/mol. The largest absolute Gasteiger partial charge is 0.474 e. The van der Waals surface area contributed by atoms with E-state index in [4.69, 9.17) is 10.00 Å². The molecule has 1 aliphatic heterocycles. The summed E-state index contributed by atoms with van der Waals surface area (Å²) in [6.07, 6.45) is 3.70. The topological polar surface area (TPSA) is 70.8 Å². The first-order chi connectivity index (χ1) is 7.38. The van der Waals surface area contributed by atoms with Gasteiger partial charge in [0, 0.05) is 12.3 Å². The summed E-state index contributed by atoms with van der Waals surface area (Å²) in [7, 11) is 0. The molecule has 1 N–H and O–H groups in total. The van der Waals surface area contributed by atoms with Crippen LogP contribution in [0.5, 0.6) is 5.88 Å². The summed E-state index contributed by atoms with van der Waals surface area (Å²) in [5, 5.41) is 11.9. The fourth-order valence-electron chi connectivity index (χ4n) is 1.55. The van der Waals surface area contributed by atoms with Crippen molar-refractivity contribution in [3.05, 3.63) is 18.1 Å². The van der Waals surface area contributed by atoms with Gasteiger partial charge in [-0.05, 0) is 25.9 Å². The Morgan fingerprint density at radius 3 is 3.00 bits per heavy atom. The van der Waals surface area contributed by atoms with Gasteiger partial charge in [-0.1, -0.05) is 0 Å². The van der Waals surface area contributed by atoms with Crippen LogP contribution in [-0.2, 0) is 0 Å². The highest BCUT2D eigenvalue weighted by atomic mass is 16.5. The quantitative estimate of drug-likeness (QED) is 0.758. The predicted octanol–water partition coefficient (Wildman–Crippen LogP) is 0.479. The molecule has 5 nitrogen and oxygen atoms in total. The van der Waals surface area contributed by atoms with Crippen molar-refractivity contribution in [3.63, 3.8) is 0 Å². The van der Waals surface area contributed by atoms with E-state index < -0.39 is 0 Å². The molecule has 0 atom stereocenters. The maximum Gasteiger partial charge on any atom is 0.235 e. The summed E-state index contributed by atoms with van der Waals surface area (Å²) in [5.41, 5.74) is 0. The Labute approximate surface area is 88.1 Å². The molecule has 2 rings (SSSR count). The normalized spacial score (nSPS) is 17.0. The Morgan fingerprint density at radius 2 is 2.27 bits per heavy atom. The second-order valence-electron chi connectivity index (χ2n) is 3.40. The smallest absolute Gasteiger partial charge is 0.235 e. The van der Waals surface area contributed by atoms with Crippen LogP contribution in [0.1, 0.15) is 18.7 Å². The van der Waals surface area contributed by atoms with E-state index in [0.29, 0.717) is 5.88 Å². The van der Waals surface area contributed by atoms with Crippen LogP contribution in [0.2, 0.25) is 0 Å². The number of hydrogen-bond acceptors (Lipinski definition) is 5. The Kier molecular flexibility index (Phi) is 3.10. The number of aromatic nitrogens is 2. The highest BCUT2D eigenvalue weighted by Gasteiger charge is 2.15. The molecule has 0 bridgehead atoms. The van der Waals surface area contributed by atoms with Crippen LogP contribution in [0.4, 0.5) is 0 Å². The lowest BCUT2D eigenvalue weighted by molar-refractivity contribution is 0.155. The molecule has 0 radical (unpaired) electrons. The van der Waals surface area contributed by atoms with E-state index in [-0.39, 0.29) is 11.9 Å². The molecule has 1 fully saturated rings. The van der Waals surface area contributed by atoms with Crippen LogP contribution in [0.3, 0.4) is 0 Å². The van der Waals surface area contributed by atoms with E-state index in [1.54, 1.807) is 12.3 Å². The second-order valence-corrected chi connectivity index (χ2v) is 3.40. The van der Waals surface area contributed by atoms with Crippen molar-refractivity contribution in [1.82, 2.24) is 15.3 Å². The van der Waals surface area contributed by atoms with E-state index in [2.05, 4.69) is 15.3 Å². The molecule has 1 aromatic rings. The summed E-state index contributed by atoms with van der Waals surface area (Å²) in [4.78, 5) is 7.76. The highest BCUT2D eigenvalue weighted by molar-refractivity contribution is 5.16. The Hall–Kier alpha value is -1.67. The minimum atomic E-state index is 0.154. The van der Waals surface area contributed by atoms with Crippen LogP contribution in [0.15, 0.2) is 12.3 Å². The fraction of sp³-hybridized carbons (Fsp3) is 0.500. The Bertz CT molecular complexity index is 368. The summed E-state index contributed by atoms with van der Waals surface area (Å²) >= 11 is 0. The van der Waals surface area contributed by atoms with Crippen LogP contribution in [0.25, 0.3) is 0 Å². The summed E-state index contributed by atoms with van der Waals surface area (Å²) in [6, 6.07) is 3.57. The maximum absolute atomic E-state index is 8.63. The molecule has 0 aromatic carbocycles. The number of hydrogen-bond donors (Lipinski definition) is 1. The first kappa shape index (κ1) is 9.87. The van der Waals surface area contributed by atoms with E-state index in [0.717, 1.165) is 25.9 Å². The van der Waals surface area contributed by atoms with Gasteiger partial charge in [-0.15, -0.1) is 0 Å². The highest BCUT2D eigenvalue weighted by Crippen LogP contribution is 2.13. The third-order valence-electron chi connectivity index (χ3n) is 2.30. The third kappa shape index (κ3) is 2.64. The first-order valence-electron chi connectivity index (χ1n) is 4.99. The minimum absolute atomic E-state index is 0.154. The fourth-order valence-corrected chi connectivity index (χ4v) is 1.55. The summed E-state index contributed by atoms with van der Waals surface area (Å²) < 4.78 is 5.66. The number of nitrogens with zero attached hydrogens (tertiary/aromatic N) is 3. The molecular formula is C10H12N4O. The van der Waals surface area contributed by atoms with Crippen LogP contribution in [0, 0.1) is 11.3 Å². The van der Waals surface area contributed by atoms with Gasteiger partial charge in [-0.3, -0.25) is 0 Å². The lowest BCUT2D eigenvalue weighted by Crippen LogP contribution is -2.34. The summed E-state index contributed by atoms with van der Waals surface area (Å²) in [5.74, 6) is 0.648. The average Bonchev–Trinajstić information content (AvgIpc) is 2.31. The number of piperidine rings is 1. The van der Waals surface area contributed by atoms with Crippen LogP contribution >= 0.6 is 0 Å². The molecule has 2 heterocycles. The number of rotatable bonds is 2. The standard InChI is InChI=1S/C10H12N4O/c11-7-9-13-6-3-10(14-9)15-8-1-4-12-5-2-8/h3,6,8,12H,1-2,4-5H2. The van der Waals surface area contributed by atoms with Crippen molar-refractivity contribution in [2.45, 2.75) is 18.9 Å². The molecular weight excluding hydrogens is 192 g/mol. The molecule has 1 aliphatic rings. The average molecular weight is 204 g/mol. The molecule has 0 aliphatic carbocycles. The number of ether oxygens (including phenoxy) is 1. The lowest BCUT2D eigenvalue weighted by atomic mass is 10.1. The molecule has 0 amide bonds. The van der Waals surface area contributed by atoms with Gasteiger partial charge in [0.25, 0.3) is 0 Å². The van der Waals surface area contributed by atoms with E-state index >= 15 is 0 Å². The second kappa shape index (κ2) is 4.71. The number of nitrogens with one attached hydrogen (secondary N) is 1. The van der Waals surface area contributed by atoms with E-state index in [9.17, 15) is 0 Å². The molecule has 15 heavy (non-hydrogen) atoms. The first-order valence-corrected chi connectivity index (χ1v) is 4.99. The Balaban J connectivity index is 2.00. The van der Waals surface area contributed by atoms with Crippen molar-refractivity contribution in [2.75, 3.05) is 13.1 Å². The van der Waals surface area contributed by atoms with Crippen molar-refractivity contribution >= 4 is 0 Å². The van der Waals surface area contributed by atoms with Gasteiger partial charge < -0.3 is 10.1 Å². The Morgan fingerprint density at radius 1 is 1.47 bits per heavy atom. The molecule has 0 spiro atoms. The molecule has 78 valence electrons. The molecule has 0 saturated carbocycles. The maximum atomic E-state index is 8.63. The van der Waals surface area contributed by atoms with Gasteiger partial charge in [0.2, 0.25) is 11.7 Å². The zero-order valence-electron chi connectivity index (χ0n) is 8.31. The zero-order chi connectivity index (χ0) is 10.5. The SMILES string of the molecule is N#Cc1nccc(OC2CCNCC2)n1. The van der Waals surface area contributed by atoms with E-state index in [1.165, 1.54) is 0 Å². The van der Waals surface area contributed by atoms with Crippen molar-refractivity contribution in [2.24, 2.45) is 0 Å². The molecule has 0 unspecified atom stereocenters. The number of nitriles is 1. The van der Waals surface area contributed by atoms with Crippen molar-refractivity contribution in [1.29, 1.82) is 5.26 Å².